The minimum Gasteiger partial charge on any atom is -0.481 e. The third kappa shape index (κ3) is 2.41. The Morgan fingerprint density at radius 1 is 1.16 bits per heavy atom. The summed E-state index contributed by atoms with van der Waals surface area (Å²) in [4.78, 5) is 26.5. The molecule has 0 heterocycles. The van der Waals surface area contributed by atoms with E-state index in [1.54, 1.807) is 0 Å². The molecule has 172 valence electrons. The molecule has 8 atom stereocenters. The van der Waals surface area contributed by atoms with Crippen molar-refractivity contribution in [3.05, 3.63) is 11.6 Å². The highest BCUT2D eigenvalue weighted by Crippen LogP contribution is 2.83. The molecule has 0 aromatic carbocycles. The van der Waals surface area contributed by atoms with Crippen LogP contribution in [0.4, 0.5) is 0 Å². The molecule has 4 unspecified atom stereocenters. The molecule has 31 heavy (non-hydrogen) atoms. The van der Waals surface area contributed by atoms with Crippen LogP contribution in [0.25, 0.3) is 0 Å². The Hall–Kier alpha value is -1.16. The van der Waals surface area contributed by atoms with Crippen molar-refractivity contribution in [1.82, 2.24) is 0 Å². The van der Waals surface area contributed by atoms with Gasteiger partial charge in [0.15, 0.2) is 0 Å². The smallest absolute Gasteiger partial charge is 0.315 e. The van der Waals surface area contributed by atoms with E-state index in [0.29, 0.717) is 30.6 Å². The van der Waals surface area contributed by atoms with Crippen molar-refractivity contribution >= 4 is 12.3 Å². The second kappa shape index (κ2) is 7.17. The molecule has 0 aromatic heterocycles. The van der Waals surface area contributed by atoms with Gasteiger partial charge in [0.25, 0.3) is 0 Å². The Bertz CT molecular complexity index is 795. The Balaban J connectivity index is 1.68. The van der Waals surface area contributed by atoms with Crippen LogP contribution >= 0.6 is 0 Å². The fourth-order valence-electron chi connectivity index (χ4n) is 9.82. The number of hydrogen-bond acceptors (Lipinski definition) is 3. The molecule has 0 radical (unpaired) electrons. The van der Waals surface area contributed by atoms with Crippen molar-refractivity contribution in [1.29, 1.82) is 0 Å². The summed E-state index contributed by atoms with van der Waals surface area (Å²) in [5.41, 5.74) is -1.89. The lowest BCUT2D eigenvalue weighted by atomic mass is 9.41. The fraction of sp³-hybridized carbons (Fsp3) is 0.852. The fourth-order valence-corrected chi connectivity index (χ4v) is 9.82. The van der Waals surface area contributed by atoms with Crippen LogP contribution in [0, 0.1) is 51.8 Å². The van der Waals surface area contributed by atoms with Crippen LogP contribution in [0.15, 0.2) is 11.6 Å². The zero-order valence-corrected chi connectivity index (χ0v) is 19.5. The second-order valence-electron chi connectivity index (χ2n) is 12.1. The monoisotopic (exact) mass is 428 g/mol. The molecule has 0 amide bonds. The normalized spacial score (nSPS) is 47.3. The largest absolute Gasteiger partial charge is 0.481 e. The van der Waals surface area contributed by atoms with Gasteiger partial charge in [-0.25, -0.2) is 0 Å². The highest BCUT2D eigenvalue weighted by atomic mass is 16.4. The van der Waals surface area contributed by atoms with Gasteiger partial charge in [0.05, 0.1) is 11.5 Å². The average molecular weight is 429 g/mol. The van der Waals surface area contributed by atoms with E-state index in [9.17, 15) is 19.8 Å². The number of rotatable bonds is 6. The van der Waals surface area contributed by atoms with Crippen LogP contribution in [0.1, 0.15) is 85.0 Å². The van der Waals surface area contributed by atoms with Gasteiger partial charge in [-0.05, 0) is 61.2 Å². The molecule has 2 N–H and O–H groups in total. The van der Waals surface area contributed by atoms with Crippen molar-refractivity contribution < 1.29 is 19.8 Å². The summed E-state index contributed by atoms with van der Waals surface area (Å²) in [5, 5.41) is 23.0. The third-order valence-corrected chi connectivity index (χ3v) is 10.9. The maximum Gasteiger partial charge on any atom is 0.315 e. The maximum atomic E-state index is 13.4. The van der Waals surface area contributed by atoms with Crippen molar-refractivity contribution in [2.24, 2.45) is 51.8 Å². The molecule has 4 saturated carbocycles. The number of carbonyl (C=O) groups is 2. The van der Waals surface area contributed by atoms with Gasteiger partial charge in [0, 0.05) is 5.41 Å². The zero-order valence-electron chi connectivity index (χ0n) is 19.5. The first-order valence-corrected chi connectivity index (χ1v) is 12.9. The summed E-state index contributed by atoms with van der Waals surface area (Å²) in [6.45, 7) is 6.42. The van der Waals surface area contributed by atoms with Gasteiger partial charge in [-0.1, -0.05) is 70.9 Å². The molecule has 5 rings (SSSR count). The van der Waals surface area contributed by atoms with Gasteiger partial charge < -0.3 is 15.0 Å². The highest BCUT2D eigenvalue weighted by Gasteiger charge is 2.85. The van der Waals surface area contributed by atoms with Crippen molar-refractivity contribution in [3.8, 4) is 0 Å². The molecule has 5 aliphatic rings. The molecule has 4 fully saturated rings. The first-order valence-electron chi connectivity index (χ1n) is 12.9. The maximum absolute atomic E-state index is 13.4. The van der Waals surface area contributed by atoms with E-state index in [4.69, 9.17) is 0 Å². The van der Waals surface area contributed by atoms with Crippen molar-refractivity contribution in [3.63, 3.8) is 0 Å². The standard InChI is InChI=1S/C27H40O4/c1-16(2)22-12-19-13-25(15-28)21-10-9-17(3)20(21)14-26(19,27(22,25)24(30)31)23(29)11-18-7-5-4-6-8-18/h12,15-21,23,29H,4-11,13-14H2,1-3H3,(H,30,31)/t17-,19?,20-,21-,23?,25?,26?,27+/m1/s1. The number of allylic oxidation sites excluding steroid dienone is 1. The molecule has 5 aliphatic carbocycles. The minimum absolute atomic E-state index is 0.00240. The highest BCUT2D eigenvalue weighted by molar-refractivity contribution is 5.90. The predicted octanol–water partition coefficient (Wildman–Crippen LogP) is 5.24. The van der Waals surface area contributed by atoms with Crippen LogP contribution in [0.5, 0.6) is 0 Å². The Labute approximate surface area is 186 Å². The topological polar surface area (TPSA) is 74.6 Å². The van der Waals surface area contributed by atoms with Crippen LogP contribution in [-0.2, 0) is 9.59 Å². The van der Waals surface area contributed by atoms with Crippen LogP contribution in [0.3, 0.4) is 0 Å². The molecular formula is C27H40O4. The first kappa shape index (κ1) is 21.7. The summed E-state index contributed by atoms with van der Waals surface area (Å²) in [7, 11) is 0. The quantitative estimate of drug-likeness (QED) is 0.448. The summed E-state index contributed by atoms with van der Waals surface area (Å²) in [6, 6.07) is 0. The molecule has 0 aromatic rings. The second-order valence-corrected chi connectivity index (χ2v) is 12.1. The number of aliphatic hydroxyl groups is 1. The van der Waals surface area contributed by atoms with E-state index in [0.717, 1.165) is 44.0 Å². The lowest BCUT2D eigenvalue weighted by molar-refractivity contribution is -0.195. The number of aliphatic hydroxyl groups excluding tert-OH is 1. The van der Waals surface area contributed by atoms with E-state index in [2.05, 4.69) is 26.8 Å². The Kier molecular flexibility index (Phi) is 5.01. The number of aldehydes is 1. The number of carboxylic acids is 1. The molecule has 4 nitrogen and oxygen atoms in total. The van der Waals surface area contributed by atoms with Gasteiger partial charge in [0.2, 0.25) is 0 Å². The van der Waals surface area contributed by atoms with E-state index < -0.39 is 28.3 Å². The van der Waals surface area contributed by atoms with Gasteiger partial charge in [-0.3, -0.25) is 4.79 Å². The molecule has 0 spiro atoms. The van der Waals surface area contributed by atoms with Gasteiger partial charge in [-0.2, -0.15) is 0 Å². The van der Waals surface area contributed by atoms with Crippen LogP contribution in [0.2, 0.25) is 0 Å². The first-order chi connectivity index (χ1) is 14.8. The molecular weight excluding hydrogens is 388 g/mol. The lowest BCUT2D eigenvalue weighted by Gasteiger charge is -2.60. The predicted molar refractivity (Wildman–Crippen MR) is 119 cm³/mol. The lowest BCUT2D eigenvalue weighted by Crippen LogP contribution is -2.65. The van der Waals surface area contributed by atoms with E-state index in [1.165, 1.54) is 19.3 Å². The number of carbonyl (C=O) groups excluding carboxylic acids is 1. The number of aliphatic carboxylic acids is 1. The summed E-state index contributed by atoms with van der Waals surface area (Å²) < 4.78 is 0. The third-order valence-electron chi connectivity index (χ3n) is 10.9. The SMILES string of the molecule is CC(C)C1=CC2CC3(C=O)[C@@H]4CC[C@@H](C)[C@H]4CC2(C(O)CC2CCCCC2)[C@]13C(=O)O. The van der Waals surface area contributed by atoms with Gasteiger partial charge >= 0.3 is 5.97 Å². The summed E-state index contributed by atoms with van der Waals surface area (Å²) >= 11 is 0. The summed E-state index contributed by atoms with van der Waals surface area (Å²) in [6.07, 6.45) is 12.7. The van der Waals surface area contributed by atoms with Crippen LogP contribution < -0.4 is 0 Å². The van der Waals surface area contributed by atoms with Crippen LogP contribution in [-0.4, -0.2) is 28.6 Å². The molecule has 0 aliphatic heterocycles. The number of fused-ring (bicyclic) bond motifs is 2. The van der Waals surface area contributed by atoms with Gasteiger partial charge in [0.1, 0.15) is 11.7 Å². The van der Waals surface area contributed by atoms with E-state index in [-0.39, 0.29) is 17.8 Å². The average Bonchev–Trinajstić information content (AvgIpc) is 3.32. The number of hydrogen-bond donors (Lipinski definition) is 2. The van der Waals surface area contributed by atoms with Crippen molar-refractivity contribution in [2.45, 2.75) is 91.1 Å². The Morgan fingerprint density at radius 2 is 1.87 bits per heavy atom. The van der Waals surface area contributed by atoms with Crippen molar-refractivity contribution in [2.75, 3.05) is 0 Å². The zero-order chi connectivity index (χ0) is 22.2. The molecule has 0 saturated heterocycles. The van der Waals surface area contributed by atoms with E-state index >= 15 is 0 Å². The molecule has 4 heteroatoms. The van der Waals surface area contributed by atoms with Gasteiger partial charge in [-0.15, -0.1) is 0 Å². The number of carboxylic acid groups (broad SMARTS) is 1. The minimum atomic E-state index is -1.24. The Morgan fingerprint density at radius 3 is 2.48 bits per heavy atom. The van der Waals surface area contributed by atoms with E-state index in [1.807, 2.05) is 0 Å². The summed E-state index contributed by atoms with van der Waals surface area (Å²) in [5.74, 6) is 0.690. The molecule has 4 bridgehead atoms.